The molecular formula is C13H15N7. The lowest BCUT2D eigenvalue weighted by molar-refractivity contribution is 0.405. The Balaban J connectivity index is 1.69. The monoisotopic (exact) mass is 269 g/mol. The van der Waals surface area contributed by atoms with Crippen LogP contribution >= 0.6 is 0 Å². The molecule has 1 saturated heterocycles. The van der Waals surface area contributed by atoms with Gasteiger partial charge in [-0.25, -0.2) is 9.97 Å². The summed E-state index contributed by atoms with van der Waals surface area (Å²) < 4.78 is 2.00. The molecule has 3 atom stereocenters. The summed E-state index contributed by atoms with van der Waals surface area (Å²) in [5, 5.41) is 12.4. The molecule has 1 aliphatic heterocycles. The average molecular weight is 269 g/mol. The number of nitrogens with zero attached hydrogens (tertiary/aromatic N) is 5. The summed E-state index contributed by atoms with van der Waals surface area (Å²) in [5.74, 6) is 2.48. The summed E-state index contributed by atoms with van der Waals surface area (Å²) >= 11 is 0. The van der Waals surface area contributed by atoms with Crippen molar-refractivity contribution in [1.82, 2.24) is 34.9 Å². The second-order valence-corrected chi connectivity index (χ2v) is 5.84. The zero-order valence-electron chi connectivity index (χ0n) is 11.0. The number of H-pyrrole nitrogens is 1. The Labute approximate surface area is 114 Å². The van der Waals surface area contributed by atoms with Gasteiger partial charge in [0.1, 0.15) is 11.8 Å². The number of aromatic nitrogens is 6. The van der Waals surface area contributed by atoms with Gasteiger partial charge >= 0.3 is 0 Å². The summed E-state index contributed by atoms with van der Waals surface area (Å²) in [6, 6.07) is 0.305. The molecule has 3 aromatic heterocycles. The Bertz CT molecular complexity index is 788. The van der Waals surface area contributed by atoms with Crippen molar-refractivity contribution >= 4 is 16.8 Å². The van der Waals surface area contributed by atoms with Crippen LogP contribution in [-0.2, 0) is 0 Å². The van der Waals surface area contributed by atoms with Gasteiger partial charge in [-0.2, -0.15) is 0 Å². The normalized spacial score (nSPS) is 29.5. The molecule has 2 aliphatic rings. The van der Waals surface area contributed by atoms with Crippen LogP contribution in [0.1, 0.15) is 31.1 Å². The predicted molar refractivity (Wildman–Crippen MR) is 72.0 cm³/mol. The number of rotatable bonds is 1. The lowest BCUT2D eigenvalue weighted by Gasteiger charge is -2.16. The maximum Gasteiger partial charge on any atom is 0.189 e. The highest BCUT2D eigenvalue weighted by Crippen LogP contribution is 2.43. The van der Waals surface area contributed by atoms with Crippen molar-refractivity contribution in [2.45, 2.75) is 25.3 Å². The van der Waals surface area contributed by atoms with Crippen LogP contribution in [0.4, 0.5) is 0 Å². The molecule has 0 spiro atoms. The molecule has 0 radical (unpaired) electrons. The Morgan fingerprint density at radius 1 is 1.20 bits per heavy atom. The number of nitrogens with one attached hydrogen (secondary N) is 2. The van der Waals surface area contributed by atoms with E-state index in [1.165, 1.54) is 19.3 Å². The largest absolute Gasteiger partial charge is 0.340 e. The molecule has 1 aliphatic carbocycles. The Kier molecular flexibility index (Phi) is 2.01. The Hall–Kier alpha value is -2.02. The number of hydrogen-bond donors (Lipinski definition) is 2. The number of hydrogen-bond acceptors (Lipinski definition) is 5. The first-order valence-corrected chi connectivity index (χ1v) is 7.18. The molecule has 20 heavy (non-hydrogen) atoms. The van der Waals surface area contributed by atoms with Crippen LogP contribution in [0.5, 0.6) is 0 Å². The fourth-order valence-electron chi connectivity index (χ4n) is 3.93. The van der Waals surface area contributed by atoms with Gasteiger partial charge in [0.15, 0.2) is 17.1 Å². The number of aromatic amines is 1. The van der Waals surface area contributed by atoms with Crippen LogP contribution in [-0.4, -0.2) is 36.1 Å². The average Bonchev–Trinajstić information content (AvgIpc) is 3.20. The molecular weight excluding hydrogens is 254 g/mol. The standard InChI is InChI=1S/C13H15N7/c1-2-7-4-14-9(8(7)3-1)12-18-19-13-10-11(16-5-15-10)17-6-20(12)13/h5-9,14H,1-4H2,(H,15,16). The van der Waals surface area contributed by atoms with Crippen molar-refractivity contribution in [2.24, 2.45) is 11.8 Å². The van der Waals surface area contributed by atoms with E-state index < -0.39 is 0 Å². The van der Waals surface area contributed by atoms with E-state index in [9.17, 15) is 0 Å². The van der Waals surface area contributed by atoms with E-state index in [-0.39, 0.29) is 0 Å². The van der Waals surface area contributed by atoms with Gasteiger partial charge in [-0.3, -0.25) is 4.40 Å². The van der Waals surface area contributed by atoms with Crippen molar-refractivity contribution < 1.29 is 0 Å². The van der Waals surface area contributed by atoms with Crippen molar-refractivity contribution in [3.05, 3.63) is 18.5 Å². The summed E-state index contributed by atoms with van der Waals surface area (Å²) in [6.07, 6.45) is 7.41. The molecule has 7 nitrogen and oxygen atoms in total. The minimum absolute atomic E-state index is 0.305. The van der Waals surface area contributed by atoms with E-state index in [1.54, 1.807) is 12.7 Å². The molecule has 0 bridgehead atoms. The number of imidazole rings is 1. The molecule has 3 unspecified atom stereocenters. The summed E-state index contributed by atoms with van der Waals surface area (Å²) in [4.78, 5) is 11.6. The van der Waals surface area contributed by atoms with E-state index in [0.29, 0.717) is 17.6 Å². The van der Waals surface area contributed by atoms with Gasteiger partial charge in [0.25, 0.3) is 0 Å². The van der Waals surface area contributed by atoms with Gasteiger partial charge in [-0.15, -0.1) is 10.2 Å². The lowest BCUT2D eigenvalue weighted by Crippen LogP contribution is -2.20. The van der Waals surface area contributed by atoms with Gasteiger partial charge in [0.2, 0.25) is 0 Å². The maximum atomic E-state index is 4.43. The smallest absolute Gasteiger partial charge is 0.189 e. The molecule has 2 N–H and O–H groups in total. The first-order chi connectivity index (χ1) is 9.92. The third-order valence-corrected chi connectivity index (χ3v) is 4.88. The molecule has 1 saturated carbocycles. The fraction of sp³-hybridized carbons (Fsp3) is 0.538. The third-order valence-electron chi connectivity index (χ3n) is 4.88. The van der Waals surface area contributed by atoms with E-state index in [1.807, 2.05) is 4.40 Å². The van der Waals surface area contributed by atoms with E-state index >= 15 is 0 Å². The van der Waals surface area contributed by atoms with Crippen molar-refractivity contribution in [3.8, 4) is 0 Å². The van der Waals surface area contributed by atoms with Crippen molar-refractivity contribution in [3.63, 3.8) is 0 Å². The van der Waals surface area contributed by atoms with Crippen LogP contribution in [0.15, 0.2) is 12.7 Å². The van der Waals surface area contributed by atoms with Gasteiger partial charge in [0, 0.05) is 0 Å². The van der Waals surface area contributed by atoms with E-state index in [4.69, 9.17) is 0 Å². The molecule has 5 rings (SSSR count). The SMILES string of the molecule is c1nc2ncn3c(C4NCC5CCCC54)nnc3c2[nH]1. The van der Waals surface area contributed by atoms with Crippen LogP contribution in [0, 0.1) is 11.8 Å². The molecule has 102 valence electrons. The third kappa shape index (κ3) is 1.28. The zero-order chi connectivity index (χ0) is 13.1. The summed E-state index contributed by atoms with van der Waals surface area (Å²) in [5.41, 5.74) is 2.35. The van der Waals surface area contributed by atoms with Gasteiger partial charge in [-0.05, 0) is 31.2 Å². The highest BCUT2D eigenvalue weighted by Gasteiger charge is 2.41. The minimum Gasteiger partial charge on any atom is -0.340 e. The summed E-state index contributed by atoms with van der Waals surface area (Å²) in [6.45, 7) is 1.10. The molecule has 3 aromatic rings. The van der Waals surface area contributed by atoms with Crippen LogP contribution in [0.3, 0.4) is 0 Å². The van der Waals surface area contributed by atoms with Gasteiger partial charge in [-0.1, -0.05) is 6.42 Å². The van der Waals surface area contributed by atoms with Gasteiger partial charge < -0.3 is 10.3 Å². The highest BCUT2D eigenvalue weighted by molar-refractivity contribution is 5.84. The first-order valence-electron chi connectivity index (χ1n) is 7.18. The zero-order valence-corrected chi connectivity index (χ0v) is 11.0. The quantitative estimate of drug-likeness (QED) is 0.690. The maximum absolute atomic E-state index is 4.43. The van der Waals surface area contributed by atoms with E-state index in [2.05, 4.69) is 30.5 Å². The lowest BCUT2D eigenvalue weighted by atomic mass is 9.94. The first kappa shape index (κ1) is 10.7. The van der Waals surface area contributed by atoms with Crippen LogP contribution in [0.2, 0.25) is 0 Å². The second kappa shape index (κ2) is 3.76. The Morgan fingerprint density at radius 2 is 2.20 bits per heavy atom. The van der Waals surface area contributed by atoms with E-state index in [0.717, 1.165) is 29.5 Å². The molecule has 7 heteroatoms. The van der Waals surface area contributed by atoms with Crippen molar-refractivity contribution in [2.75, 3.05) is 6.54 Å². The number of fused-ring (bicyclic) bond motifs is 4. The Morgan fingerprint density at radius 3 is 3.20 bits per heavy atom. The van der Waals surface area contributed by atoms with Crippen molar-refractivity contribution in [1.29, 1.82) is 0 Å². The molecule has 2 fully saturated rings. The molecule has 0 amide bonds. The summed E-state index contributed by atoms with van der Waals surface area (Å²) in [7, 11) is 0. The highest BCUT2D eigenvalue weighted by atomic mass is 15.3. The second-order valence-electron chi connectivity index (χ2n) is 5.84. The van der Waals surface area contributed by atoms with Crippen LogP contribution < -0.4 is 5.32 Å². The topological polar surface area (TPSA) is 83.8 Å². The molecule has 0 aromatic carbocycles. The molecule has 4 heterocycles. The fourth-order valence-corrected chi connectivity index (χ4v) is 3.93. The minimum atomic E-state index is 0.305. The van der Waals surface area contributed by atoms with Crippen LogP contribution in [0.25, 0.3) is 16.8 Å². The van der Waals surface area contributed by atoms with Gasteiger partial charge in [0.05, 0.1) is 12.4 Å². The predicted octanol–water partition coefficient (Wildman–Crippen LogP) is 1.06.